The Morgan fingerprint density at radius 1 is 1.19 bits per heavy atom. The van der Waals surface area contributed by atoms with E-state index in [0.717, 1.165) is 39.2 Å². The van der Waals surface area contributed by atoms with E-state index in [1.807, 2.05) is 46.0 Å². The number of rotatable bonds is 9. The van der Waals surface area contributed by atoms with Crippen molar-refractivity contribution in [3.63, 3.8) is 0 Å². The summed E-state index contributed by atoms with van der Waals surface area (Å²) in [5.74, 6) is -0.707. The first-order valence-electron chi connectivity index (χ1n) is 10.5. The van der Waals surface area contributed by atoms with Gasteiger partial charge in [0.15, 0.2) is 0 Å². The highest BCUT2D eigenvalue weighted by atomic mass is 19.1. The normalized spacial score (nSPS) is 11.5. The molecule has 0 spiro atoms. The topological polar surface area (TPSA) is 54.0 Å². The number of benzene rings is 1. The number of pyridine rings is 1. The molecule has 1 amide bonds. The van der Waals surface area contributed by atoms with Crippen molar-refractivity contribution in [3.8, 4) is 0 Å². The van der Waals surface area contributed by atoms with Gasteiger partial charge >= 0.3 is 0 Å². The van der Waals surface area contributed by atoms with Gasteiger partial charge in [0.05, 0.1) is 5.69 Å². The Bertz CT molecular complexity index is 1100. The molecule has 168 valence electrons. The van der Waals surface area contributed by atoms with Gasteiger partial charge in [0.25, 0.3) is 5.91 Å². The first-order chi connectivity index (χ1) is 15.2. The van der Waals surface area contributed by atoms with Gasteiger partial charge < -0.3 is 10.6 Å². The molecule has 0 saturated heterocycles. The quantitative estimate of drug-likeness (QED) is 0.410. The molecule has 4 nitrogen and oxygen atoms in total. The number of carbonyl (C=O) groups is 1. The second kappa shape index (κ2) is 11.2. The molecule has 2 rings (SSSR count). The standard InChI is InChI=1S/C27H32FN3O/c1-8-9-26-19(5)10-21(15-30-26)13-23(29-7)11-20(6)27(32)31-16-22-14-24(17(2)3)18(4)12-25(22)28/h8-12,14-15,29H,2,6,13,16H2,1,3-5,7H3,(H,31,32)/b9-8-,23-11-. The maximum absolute atomic E-state index is 14.3. The van der Waals surface area contributed by atoms with Crippen molar-refractivity contribution in [3.05, 3.63) is 100 Å². The molecule has 0 aliphatic heterocycles. The summed E-state index contributed by atoms with van der Waals surface area (Å²) in [4.78, 5) is 17.0. The van der Waals surface area contributed by atoms with E-state index in [0.29, 0.717) is 12.0 Å². The molecular weight excluding hydrogens is 401 g/mol. The molecule has 5 heteroatoms. The monoisotopic (exact) mass is 433 g/mol. The van der Waals surface area contributed by atoms with Gasteiger partial charge in [-0.15, -0.1) is 0 Å². The molecule has 0 atom stereocenters. The highest BCUT2D eigenvalue weighted by Gasteiger charge is 2.11. The second-order valence-corrected chi connectivity index (χ2v) is 7.89. The van der Waals surface area contributed by atoms with Crippen LogP contribution in [-0.4, -0.2) is 17.9 Å². The molecular formula is C27H32FN3O. The minimum absolute atomic E-state index is 0.0719. The lowest BCUT2D eigenvalue weighted by Gasteiger charge is -2.12. The van der Waals surface area contributed by atoms with Crippen LogP contribution < -0.4 is 10.6 Å². The van der Waals surface area contributed by atoms with E-state index in [-0.39, 0.29) is 23.8 Å². The van der Waals surface area contributed by atoms with Gasteiger partial charge in [0, 0.05) is 43.0 Å². The summed E-state index contributed by atoms with van der Waals surface area (Å²) < 4.78 is 14.3. The Labute approximate surface area is 190 Å². The van der Waals surface area contributed by atoms with Crippen molar-refractivity contribution in [2.75, 3.05) is 7.05 Å². The van der Waals surface area contributed by atoms with Gasteiger partial charge in [-0.05, 0) is 74.2 Å². The SMILES string of the molecule is C=C(/C=C(/Cc1cnc(/C=C\C)c(C)c1)NC)C(=O)NCc1cc(C(=C)C)c(C)cc1F. The molecule has 32 heavy (non-hydrogen) atoms. The number of aryl methyl sites for hydroxylation is 2. The number of amides is 1. The summed E-state index contributed by atoms with van der Waals surface area (Å²) in [6.07, 6.45) is 8.04. The predicted molar refractivity (Wildman–Crippen MR) is 131 cm³/mol. The van der Waals surface area contributed by atoms with E-state index < -0.39 is 0 Å². The van der Waals surface area contributed by atoms with Gasteiger partial charge in [0.1, 0.15) is 5.82 Å². The van der Waals surface area contributed by atoms with E-state index in [1.54, 1.807) is 19.2 Å². The summed E-state index contributed by atoms with van der Waals surface area (Å²) in [5.41, 5.74) is 7.14. The van der Waals surface area contributed by atoms with Crippen LogP contribution in [0.5, 0.6) is 0 Å². The van der Waals surface area contributed by atoms with E-state index in [4.69, 9.17) is 0 Å². The van der Waals surface area contributed by atoms with Crippen LogP contribution in [0, 0.1) is 19.7 Å². The smallest absolute Gasteiger partial charge is 0.251 e. The van der Waals surface area contributed by atoms with Gasteiger partial charge in [0.2, 0.25) is 0 Å². The number of allylic oxidation sites excluding steroid dienone is 3. The van der Waals surface area contributed by atoms with Crippen molar-refractivity contribution >= 4 is 17.6 Å². The minimum atomic E-state index is -0.354. The highest BCUT2D eigenvalue weighted by molar-refractivity contribution is 5.95. The summed E-state index contributed by atoms with van der Waals surface area (Å²) in [6.45, 7) is 15.6. The average Bonchev–Trinajstić information content (AvgIpc) is 2.74. The van der Waals surface area contributed by atoms with Crippen LogP contribution in [-0.2, 0) is 17.8 Å². The maximum Gasteiger partial charge on any atom is 0.251 e. The van der Waals surface area contributed by atoms with Crippen molar-refractivity contribution in [1.82, 2.24) is 15.6 Å². The van der Waals surface area contributed by atoms with E-state index in [9.17, 15) is 9.18 Å². The lowest BCUT2D eigenvalue weighted by Crippen LogP contribution is -2.25. The maximum atomic E-state index is 14.3. The van der Waals surface area contributed by atoms with Gasteiger partial charge in [-0.2, -0.15) is 0 Å². The predicted octanol–water partition coefficient (Wildman–Crippen LogP) is 5.42. The van der Waals surface area contributed by atoms with Gasteiger partial charge in [-0.3, -0.25) is 9.78 Å². The number of halogens is 1. The van der Waals surface area contributed by atoms with Crippen molar-refractivity contribution in [2.45, 2.75) is 40.7 Å². The summed E-state index contributed by atoms with van der Waals surface area (Å²) in [5, 5.41) is 5.86. The molecule has 0 unspecified atom stereocenters. The molecule has 1 aromatic heterocycles. The highest BCUT2D eigenvalue weighted by Crippen LogP contribution is 2.21. The molecule has 0 radical (unpaired) electrons. The lowest BCUT2D eigenvalue weighted by atomic mass is 9.99. The number of likely N-dealkylation sites (N-methyl/N-ethyl adjacent to an activating group) is 1. The minimum Gasteiger partial charge on any atom is -0.391 e. The largest absolute Gasteiger partial charge is 0.391 e. The van der Waals surface area contributed by atoms with Crippen LogP contribution in [0.4, 0.5) is 4.39 Å². The Balaban J connectivity index is 2.08. The Hall–Kier alpha value is -3.47. The van der Waals surface area contributed by atoms with Gasteiger partial charge in [-0.1, -0.05) is 30.9 Å². The Kier molecular flexibility index (Phi) is 8.71. The van der Waals surface area contributed by atoms with E-state index in [1.165, 1.54) is 6.07 Å². The molecule has 0 bridgehead atoms. The van der Waals surface area contributed by atoms with Crippen LogP contribution in [0.25, 0.3) is 11.6 Å². The number of hydrogen-bond donors (Lipinski definition) is 2. The molecule has 1 aromatic carbocycles. The lowest BCUT2D eigenvalue weighted by molar-refractivity contribution is -0.117. The van der Waals surface area contributed by atoms with Gasteiger partial charge in [-0.25, -0.2) is 4.39 Å². The third kappa shape index (κ3) is 6.51. The molecule has 1 heterocycles. The molecule has 0 fully saturated rings. The van der Waals surface area contributed by atoms with Crippen LogP contribution in [0.3, 0.4) is 0 Å². The molecule has 0 aliphatic carbocycles. The zero-order valence-corrected chi connectivity index (χ0v) is 19.6. The molecule has 0 aliphatic rings. The fraction of sp³-hybridized carbons (Fsp3) is 0.259. The van der Waals surface area contributed by atoms with Crippen molar-refractivity contribution < 1.29 is 9.18 Å². The third-order valence-corrected chi connectivity index (χ3v) is 5.15. The van der Waals surface area contributed by atoms with Crippen molar-refractivity contribution in [1.29, 1.82) is 0 Å². The first kappa shape index (κ1) is 24.8. The molecule has 2 N–H and O–H groups in total. The number of nitrogens with zero attached hydrogens (tertiary/aromatic N) is 1. The Morgan fingerprint density at radius 3 is 2.50 bits per heavy atom. The fourth-order valence-electron chi connectivity index (χ4n) is 3.38. The van der Waals surface area contributed by atoms with E-state index in [2.05, 4.69) is 34.8 Å². The van der Waals surface area contributed by atoms with Crippen LogP contribution in [0.15, 0.2) is 61.0 Å². The second-order valence-electron chi connectivity index (χ2n) is 7.89. The van der Waals surface area contributed by atoms with Crippen molar-refractivity contribution in [2.24, 2.45) is 0 Å². The Morgan fingerprint density at radius 2 is 1.91 bits per heavy atom. The number of nitrogens with one attached hydrogen (secondary N) is 2. The summed E-state index contributed by atoms with van der Waals surface area (Å²) in [7, 11) is 1.80. The van der Waals surface area contributed by atoms with Crippen LogP contribution in [0.1, 0.15) is 47.4 Å². The summed E-state index contributed by atoms with van der Waals surface area (Å²) >= 11 is 0. The van der Waals surface area contributed by atoms with Crippen LogP contribution in [0.2, 0.25) is 0 Å². The number of aromatic nitrogens is 1. The first-order valence-corrected chi connectivity index (χ1v) is 10.5. The fourth-order valence-corrected chi connectivity index (χ4v) is 3.38. The molecule has 2 aromatic rings. The third-order valence-electron chi connectivity index (χ3n) is 5.15. The zero-order valence-electron chi connectivity index (χ0n) is 19.6. The van der Waals surface area contributed by atoms with Crippen LogP contribution >= 0.6 is 0 Å². The zero-order chi connectivity index (χ0) is 23.8. The summed E-state index contributed by atoms with van der Waals surface area (Å²) in [6, 6.07) is 5.28. The average molecular weight is 434 g/mol. The number of carbonyl (C=O) groups excluding carboxylic acids is 1. The number of hydrogen-bond acceptors (Lipinski definition) is 3. The molecule has 0 saturated carbocycles. The van der Waals surface area contributed by atoms with E-state index >= 15 is 0 Å².